The van der Waals surface area contributed by atoms with Crippen molar-refractivity contribution in [2.45, 2.75) is 17.7 Å². The number of hydrogen-bond acceptors (Lipinski definition) is 4. The number of benzene rings is 2. The topological polar surface area (TPSA) is 60.4 Å². The number of sulfone groups is 1. The molecule has 4 nitrogen and oxygen atoms in total. The normalized spacial score (nSPS) is 11.0. The highest BCUT2D eigenvalue weighted by Crippen LogP contribution is 2.13. The van der Waals surface area contributed by atoms with Crippen molar-refractivity contribution in [2.75, 3.05) is 12.4 Å². The Balaban J connectivity index is 1.79. The standard InChI is InChI=1S/C19H20O4S/c1-16(15-24(21,22)18-12-6-3-7-13-18)19(20)23-14-8-11-17-9-4-2-5-10-17/h2-7,9-10,12-13H,1,8,11,14-15H2. The molecule has 0 N–H and O–H groups in total. The SMILES string of the molecule is C=C(CS(=O)(=O)c1ccccc1)C(=O)OCCCc1ccccc1. The largest absolute Gasteiger partial charge is 0.462 e. The lowest BCUT2D eigenvalue weighted by Gasteiger charge is -2.08. The van der Waals surface area contributed by atoms with Crippen LogP contribution in [0.4, 0.5) is 0 Å². The minimum atomic E-state index is -3.58. The fraction of sp³-hybridized carbons (Fsp3) is 0.211. The maximum absolute atomic E-state index is 12.2. The number of carbonyl (C=O) groups is 1. The average Bonchev–Trinajstić information content (AvgIpc) is 2.60. The Morgan fingerprint density at radius 2 is 1.54 bits per heavy atom. The van der Waals surface area contributed by atoms with E-state index >= 15 is 0 Å². The van der Waals surface area contributed by atoms with E-state index in [1.165, 1.54) is 17.7 Å². The van der Waals surface area contributed by atoms with Gasteiger partial charge in [-0.3, -0.25) is 0 Å². The smallest absolute Gasteiger partial charge is 0.334 e. The first kappa shape index (κ1) is 17.9. The number of ether oxygens (including phenoxy) is 1. The lowest BCUT2D eigenvalue weighted by molar-refractivity contribution is -0.138. The number of aryl methyl sites for hydroxylation is 1. The van der Waals surface area contributed by atoms with Gasteiger partial charge in [-0.1, -0.05) is 55.1 Å². The van der Waals surface area contributed by atoms with Crippen LogP contribution in [0.25, 0.3) is 0 Å². The molecule has 0 fully saturated rings. The lowest BCUT2D eigenvalue weighted by Crippen LogP contribution is -2.17. The molecular weight excluding hydrogens is 324 g/mol. The zero-order valence-electron chi connectivity index (χ0n) is 13.4. The van der Waals surface area contributed by atoms with Crippen LogP contribution in [0.5, 0.6) is 0 Å². The zero-order valence-corrected chi connectivity index (χ0v) is 14.2. The van der Waals surface area contributed by atoms with E-state index in [-0.39, 0.29) is 17.1 Å². The molecule has 0 aromatic heterocycles. The fourth-order valence-corrected chi connectivity index (χ4v) is 3.50. The molecule has 0 amide bonds. The highest BCUT2D eigenvalue weighted by Gasteiger charge is 2.20. The quantitative estimate of drug-likeness (QED) is 0.419. The van der Waals surface area contributed by atoms with Crippen molar-refractivity contribution >= 4 is 15.8 Å². The summed E-state index contributed by atoms with van der Waals surface area (Å²) in [6, 6.07) is 17.9. The van der Waals surface area contributed by atoms with E-state index in [0.717, 1.165) is 6.42 Å². The third-order valence-electron chi connectivity index (χ3n) is 3.44. The summed E-state index contributed by atoms with van der Waals surface area (Å²) in [7, 11) is -3.58. The summed E-state index contributed by atoms with van der Waals surface area (Å²) in [5.74, 6) is -1.10. The van der Waals surface area contributed by atoms with Gasteiger partial charge in [-0.2, -0.15) is 0 Å². The van der Waals surface area contributed by atoms with Crippen molar-refractivity contribution in [1.29, 1.82) is 0 Å². The van der Waals surface area contributed by atoms with Gasteiger partial charge in [0.15, 0.2) is 9.84 Å². The Morgan fingerprint density at radius 1 is 0.958 bits per heavy atom. The zero-order chi connectivity index (χ0) is 17.4. The molecular formula is C19H20O4S. The summed E-state index contributed by atoms with van der Waals surface area (Å²) in [5, 5.41) is 0. The van der Waals surface area contributed by atoms with Crippen LogP contribution in [0.15, 0.2) is 77.7 Å². The molecule has 0 spiro atoms. The van der Waals surface area contributed by atoms with Crippen molar-refractivity contribution in [2.24, 2.45) is 0 Å². The van der Waals surface area contributed by atoms with Crippen molar-refractivity contribution in [1.82, 2.24) is 0 Å². The van der Waals surface area contributed by atoms with E-state index in [1.54, 1.807) is 18.2 Å². The molecule has 0 bridgehead atoms. The molecule has 2 aromatic carbocycles. The molecule has 0 atom stereocenters. The van der Waals surface area contributed by atoms with Crippen LogP contribution in [0.3, 0.4) is 0 Å². The summed E-state index contributed by atoms with van der Waals surface area (Å²) >= 11 is 0. The van der Waals surface area contributed by atoms with Gasteiger partial charge in [0.2, 0.25) is 0 Å². The van der Waals surface area contributed by atoms with Gasteiger partial charge >= 0.3 is 5.97 Å². The monoisotopic (exact) mass is 344 g/mol. The number of carbonyl (C=O) groups excluding carboxylic acids is 1. The van der Waals surface area contributed by atoms with Crippen LogP contribution < -0.4 is 0 Å². The van der Waals surface area contributed by atoms with Crippen LogP contribution in [0.2, 0.25) is 0 Å². The third-order valence-corrected chi connectivity index (χ3v) is 5.16. The van der Waals surface area contributed by atoms with Gasteiger partial charge in [-0.25, -0.2) is 13.2 Å². The van der Waals surface area contributed by atoms with Crippen molar-refractivity contribution in [3.8, 4) is 0 Å². The molecule has 0 heterocycles. The highest BCUT2D eigenvalue weighted by atomic mass is 32.2. The lowest BCUT2D eigenvalue weighted by atomic mass is 10.1. The molecule has 2 rings (SSSR count). The van der Waals surface area contributed by atoms with Gasteiger partial charge < -0.3 is 4.74 Å². The second-order valence-corrected chi connectivity index (χ2v) is 7.39. The first-order valence-electron chi connectivity index (χ1n) is 7.66. The number of hydrogen-bond donors (Lipinski definition) is 0. The van der Waals surface area contributed by atoms with E-state index in [1.807, 2.05) is 30.3 Å². The van der Waals surface area contributed by atoms with E-state index < -0.39 is 21.6 Å². The molecule has 0 radical (unpaired) electrons. The Morgan fingerprint density at radius 3 is 2.17 bits per heavy atom. The van der Waals surface area contributed by atoms with Gasteiger partial charge in [0.25, 0.3) is 0 Å². The molecule has 5 heteroatoms. The summed E-state index contributed by atoms with van der Waals surface area (Å²) in [5.41, 5.74) is 1.11. The average molecular weight is 344 g/mol. The highest BCUT2D eigenvalue weighted by molar-refractivity contribution is 7.91. The molecule has 0 saturated carbocycles. The van der Waals surface area contributed by atoms with Crippen molar-refractivity contribution in [3.05, 3.63) is 78.4 Å². The van der Waals surface area contributed by atoms with Crippen molar-refractivity contribution in [3.63, 3.8) is 0 Å². The van der Waals surface area contributed by atoms with E-state index in [2.05, 4.69) is 6.58 Å². The minimum Gasteiger partial charge on any atom is -0.462 e. The predicted molar refractivity (Wildman–Crippen MR) is 93.4 cm³/mol. The van der Waals surface area contributed by atoms with Gasteiger partial charge in [0, 0.05) is 5.57 Å². The molecule has 126 valence electrons. The maximum Gasteiger partial charge on any atom is 0.334 e. The first-order valence-corrected chi connectivity index (χ1v) is 9.31. The van der Waals surface area contributed by atoms with Crippen LogP contribution in [0.1, 0.15) is 12.0 Å². The molecule has 2 aromatic rings. The van der Waals surface area contributed by atoms with Crippen LogP contribution in [-0.4, -0.2) is 26.7 Å². The molecule has 0 aliphatic carbocycles. The number of rotatable bonds is 8. The Labute approximate surface area is 142 Å². The Hall–Kier alpha value is -2.40. The first-order chi connectivity index (χ1) is 11.5. The second-order valence-electron chi connectivity index (χ2n) is 5.40. The molecule has 0 aliphatic rings. The predicted octanol–water partition coefficient (Wildman–Crippen LogP) is 3.19. The van der Waals surface area contributed by atoms with Crippen molar-refractivity contribution < 1.29 is 17.9 Å². The van der Waals surface area contributed by atoms with Crippen LogP contribution >= 0.6 is 0 Å². The third kappa shape index (κ3) is 5.35. The molecule has 0 saturated heterocycles. The summed E-state index contributed by atoms with van der Waals surface area (Å²) in [6.45, 7) is 3.78. The second kappa shape index (κ2) is 8.45. The summed E-state index contributed by atoms with van der Waals surface area (Å²) in [4.78, 5) is 12.0. The van der Waals surface area contributed by atoms with E-state index in [9.17, 15) is 13.2 Å². The summed E-state index contributed by atoms with van der Waals surface area (Å²) in [6.07, 6.45) is 1.47. The molecule has 0 unspecified atom stereocenters. The van der Waals surface area contributed by atoms with E-state index in [4.69, 9.17) is 4.74 Å². The Bertz CT molecular complexity index is 781. The summed E-state index contributed by atoms with van der Waals surface area (Å²) < 4.78 is 29.5. The Kier molecular flexibility index (Phi) is 6.32. The van der Waals surface area contributed by atoms with Crippen LogP contribution in [-0.2, 0) is 25.8 Å². The van der Waals surface area contributed by atoms with Gasteiger partial charge in [-0.05, 0) is 30.5 Å². The maximum atomic E-state index is 12.2. The molecule has 24 heavy (non-hydrogen) atoms. The minimum absolute atomic E-state index is 0.0569. The van der Waals surface area contributed by atoms with Gasteiger partial charge in [0.1, 0.15) is 0 Å². The van der Waals surface area contributed by atoms with Crippen LogP contribution in [0, 0.1) is 0 Å². The molecule has 0 aliphatic heterocycles. The van der Waals surface area contributed by atoms with E-state index in [0.29, 0.717) is 6.42 Å². The van der Waals surface area contributed by atoms with Gasteiger partial charge in [0.05, 0.1) is 17.3 Å². The number of esters is 1. The fourth-order valence-electron chi connectivity index (χ4n) is 2.19. The van der Waals surface area contributed by atoms with Gasteiger partial charge in [-0.15, -0.1) is 0 Å².